The molecule has 104 valence electrons. The van der Waals surface area contributed by atoms with E-state index in [9.17, 15) is 9.90 Å². The van der Waals surface area contributed by atoms with Gasteiger partial charge in [-0.25, -0.2) is 9.48 Å². The Morgan fingerprint density at radius 1 is 1.50 bits per heavy atom. The quantitative estimate of drug-likeness (QED) is 0.937. The third-order valence-corrected chi connectivity index (χ3v) is 3.48. The zero-order valence-corrected chi connectivity index (χ0v) is 11.5. The molecular formula is C13H12ClN3O3. The molecule has 0 atom stereocenters. The largest absolute Gasteiger partial charge is 0.494 e. The van der Waals surface area contributed by atoms with Crippen LogP contribution in [0.25, 0.3) is 5.69 Å². The molecular weight excluding hydrogens is 282 g/mol. The van der Waals surface area contributed by atoms with Crippen molar-refractivity contribution < 1.29 is 14.6 Å². The molecule has 0 bridgehead atoms. The van der Waals surface area contributed by atoms with Crippen molar-refractivity contribution in [3.63, 3.8) is 0 Å². The number of benzene rings is 1. The first kappa shape index (κ1) is 12.9. The molecule has 1 fully saturated rings. The average Bonchev–Trinajstić information content (AvgIpc) is 3.16. The lowest BCUT2D eigenvalue weighted by atomic mass is 10.2. The van der Waals surface area contributed by atoms with Crippen molar-refractivity contribution in [1.82, 2.24) is 15.0 Å². The molecule has 3 rings (SSSR count). The average molecular weight is 294 g/mol. The Labute approximate surface area is 119 Å². The molecule has 6 nitrogen and oxygen atoms in total. The lowest BCUT2D eigenvalue weighted by Crippen LogP contribution is -2.07. The minimum Gasteiger partial charge on any atom is -0.494 e. The van der Waals surface area contributed by atoms with Gasteiger partial charge >= 0.3 is 5.97 Å². The van der Waals surface area contributed by atoms with E-state index in [1.165, 1.54) is 4.68 Å². The number of aromatic carboxylic acids is 1. The second-order valence-electron chi connectivity index (χ2n) is 4.63. The van der Waals surface area contributed by atoms with Crippen LogP contribution in [-0.2, 0) is 0 Å². The molecule has 0 spiro atoms. The van der Waals surface area contributed by atoms with E-state index in [1.807, 2.05) is 0 Å². The van der Waals surface area contributed by atoms with Gasteiger partial charge in [0.2, 0.25) is 0 Å². The molecule has 1 aromatic carbocycles. The molecule has 1 N–H and O–H groups in total. The zero-order valence-electron chi connectivity index (χ0n) is 10.7. The highest BCUT2D eigenvalue weighted by Gasteiger charge is 2.34. The summed E-state index contributed by atoms with van der Waals surface area (Å²) in [4.78, 5) is 11.2. The molecule has 0 amide bonds. The molecule has 1 aliphatic rings. The summed E-state index contributed by atoms with van der Waals surface area (Å²) in [6.45, 7) is 0. The smallest absolute Gasteiger partial charge is 0.358 e. The predicted octanol–water partition coefficient (Wildman–Crippen LogP) is 2.50. The van der Waals surface area contributed by atoms with Gasteiger partial charge in [-0.1, -0.05) is 16.8 Å². The van der Waals surface area contributed by atoms with Crippen LogP contribution in [0.15, 0.2) is 18.2 Å². The minimum atomic E-state index is -1.07. The fraction of sp³-hybridized carbons (Fsp3) is 0.308. The van der Waals surface area contributed by atoms with Gasteiger partial charge < -0.3 is 9.84 Å². The third-order valence-electron chi connectivity index (χ3n) is 3.24. The number of halogens is 1. The van der Waals surface area contributed by atoms with Crippen LogP contribution in [-0.4, -0.2) is 33.2 Å². The van der Waals surface area contributed by atoms with Crippen molar-refractivity contribution in [3.8, 4) is 11.4 Å². The number of rotatable bonds is 4. The standard InChI is InChI=1S/C13H12ClN3O3/c1-20-10-5-4-8(14)6-9(10)17-12(7-2-3-7)11(13(18)19)15-16-17/h4-7H,2-3H2,1H3,(H,18,19). The van der Waals surface area contributed by atoms with Crippen LogP contribution >= 0.6 is 11.6 Å². The van der Waals surface area contributed by atoms with Gasteiger partial charge in [0.1, 0.15) is 11.4 Å². The molecule has 1 aliphatic carbocycles. The number of carboxylic acid groups (broad SMARTS) is 1. The number of methoxy groups -OCH3 is 1. The molecule has 20 heavy (non-hydrogen) atoms. The van der Waals surface area contributed by atoms with Crippen molar-refractivity contribution >= 4 is 17.6 Å². The number of carbonyl (C=O) groups is 1. The van der Waals surface area contributed by atoms with E-state index in [0.29, 0.717) is 22.2 Å². The highest BCUT2D eigenvalue weighted by Crippen LogP contribution is 2.42. The Morgan fingerprint density at radius 3 is 2.85 bits per heavy atom. The summed E-state index contributed by atoms with van der Waals surface area (Å²) >= 11 is 6.01. The number of hydrogen-bond acceptors (Lipinski definition) is 4. The summed E-state index contributed by atoms with van der Waals surface area (Å²) in [6.07, 6.45) is 1.88. The summed E-state index contributed by atoms with van der Waals surface area (Å²) in [7, 11) is 1.54. The summed E-state index contributed by atoms with van der Waals surface area (Å²) in [5.74, 6) is -0.322. The van der Waals surface area contributed by atoms with Crippen LogP contribution in [0.1, 0.15) is 34.9 Å². The molecule has 0 saturated heterocycles. The highest BCUT2D eigenvalue weighted by molar-refractivity contribution is 6.30. The van der Waals surface area contributed by atoms with E-state index in [2.05, 4.69) is 10.3 Å². The Kier molecular flexibility index (Phi) is 3.10. The minimum absolute atomic E-state index is 0.00507. The summed E-state index contributed by atoms with van der Waals surface area (Å²) < 4.78 is 6.80. The van der Waals surface area contributed by atoms with Crippen LogP contribution < -0.4 is 4.74 Å². The fourth-order valence-corrected chi connectivity index (χ4v) is 2.34. The van der Waals surface area contributed by atoms with Gasteiger partial charge in [0.05, 0.1) is 12.8 Å². The molecule has 0 radical (unpaired) electrons. The first-order valence-corrected chi connectivity index (χ1v) is 6.52. The predicted molar refractivity (Wildman–Crippen MR) is 71.9 cm³/mol. The number of hydrogen-bond donors (Lipinski definition) is 1. The van der Waals surface area contributed by atoms with Gasteiger partial charge in [-0.3, -0.25) is 0 Å². The van der Waals surface area contributed by atoms with Gasteiger partial charge in [-0.2, -0.15) is 0 Å². The van der Waals surface area contributed by atoms with Gasteiger partial charge in [0, 0.05) is 10.9 Å². The van der Waals surface area contributed by atoms with Crippen molar-refractivity contribution in [1.29, 1.82) is 0 Å². The number of ether oxygens (including phenoxy) is 1. The monoisotopic (exact) mass is 293 g/mol. The van der Waals surface area contributed by atoms with Gasteiger partial charge in [-0.15, -0.1) is 5.10 Å². The van der Waals surface area contributed by atoms with E-state index < -0.39 is 5.97 Å². The number of nitrogens with zero attached hydrogens (tertiary/aromatic N) is 3. The summed E-state index contributed by atoms with van der Waals surface area (Å²) in [5.41, 5.74) is 1.20. The number of carboxylic acids is 1. The second kappa shape index (κ2) is 4.79. The van der Waals surface area contributed by atoms with Gasteiger partial charge in [0.15, 0.2) is 5.69 Å². The fourth-order valence-electron chi connectivity index (χ4n) is 2.17. The van der Waals surface area contributed by atoms with E-state index in [1.54, 1.807) is 25.3 Å². The van der Waals surface area contributed by atoms with E-state index in [4.69, 9.17) is 16.3 Å². The third kappa shape index (κ3) is 2.12. The van der Waals surface area contributed by atoms with Gasteiger partial charge in [-0.05, 0) is 31.0 Å². The SMILES string of the molecule is COc1ccc(Cl)cc1-n1nnc(C(=O)O)c1C1CC1. The van der Waals surface area contributed by atoms with E-state index in [-0.39, 0.29) is 11.6 Å². The Bertz CT molecular complexity index is 679. The maximum Gasteiger partial charge on any atom is 0.358 e. The second-order valence-corrected chi connectivity index (χ2v) is 5.07. The highest BCUT2D eigenvalue weighted by atomic mass is 35.5. The Balaban J connectivity index is 2.20. The number of aromatic nitrogens is 3. The van der Waals surface area contributed by atoms with Crippen LogP contribution in [0.4, 0.5) is 0 Å². The summed E-state index contributed by atoms with van der Waals surface area (Å²) in [6, 6.07) is 5.11. The topological polar surface area (TPSA) is 77.2 Å². The van der Waals surface area contributed by atoms with Crippen molar-refractivity contribution in [2.75, 3.05) is 7.11 Å². The van der Waals surface area contributed by atoms with Crippen LogP contribution in [0.5, 0.6) is 5.75 Å². The van der Waals surface area contributed by atoms with Crippen molar-refractivity contribution in [3.05, 3.63) is 34.6 Å². The maximum absolute atomic E-state index is 11.2. The van der Waals surface area contributed by atoms with Crippen molar-refractivity contribution in [2.45, 2.75) is 18.8 Å². The van der Waals surface area contributed by atoms with Crippen LogP contribution in [0.3, 0.4) is 0 Å². The zero-order chi connectivity index (χ0) is 14.3. The lowest BCUT2D eigenvalue weighted by molar-refractivity contribution is 0.0689. The van der Waals surface area contributed by atoms with Crippen LogP contribution in [0, 0.1) is 0 Å². The normalized spacial score (nSPS) is 14.3. The van der Waals surface area contributed by atoms with Crippen molar-refractivity contribution in [2.24, 2.45) is 0 Å². The molecule has 0 aliphatic heterocycles. The van der Waals surface area contributed by atoms with E-state index in [0.717, 1.165) is 12.8 Å². The molecule has 7 heteroatoms. The molecule has 2 aromatic rings. The Morgan fingerprint density at radius 2 is 2.25 bits per heavy atom. The molecule has 0 unspecified atom stereocenters. The molecule has 1 aromatic heterocycles. The lowest BCUT2D eigenvalue weighted by Gasteiger charge is -2.11. The molecule has 1 saturated carbocycles. The van der Waals surface area contributed by atoms with Gasteiger partial charge in [0.25, 0.3) is 0 Å². The first-order valence-electron chi connectivity index (χ1n) is 6.14. The molecule has 1 heterocycles. The maximum atomic E-state index is 11.2. The van der Waals surface area contributed by atoms with E-state index >= 15 is 0 Å². The summed E-state index contributed by atoms with van der Waals surface area (Å²) in [5, 5.41) is 17.5. The van der Waals surface area contributed by atoms with Crippen LogP contribution in [0.2, 0.25) is 5.02 Å². The Hall–Kier alpha value is -2.08. The first-order chi connectivity index (χ1) is 9.61.